The first-order valence-corrected chi connectivity index (χ1v) is 6.95. The van der Waals surface area contributed by atoms with E-state index in [1.165, 1.54) is 12.1 Å². The van der Waals surface area contributed by atoms with Crippen molar-refractivity contribution in [2.75, 3.05) is 22.5 Å². The van der Waals surface area contributed by atoms with Crippen molar-refractivity contribution < 1.29 is 9.18 Å². The lowest BCUT2D eigenvalue weighted by Gasteiger charge is -2.07. The molecule has 110 valence electrons. The fourth-order valence-electron chi connectivity index (χ4n) is 1.36. The van der Waals surface area contributed by atoms with Crippen LogP contribution in [0.3, 0.4) is 0 Å². The molecular weight excluding hydrogens is 319 g/mol. The van der Waals surface area contributed by atoms with Gasteiger partial charge in [-0.15, -0.1) is 0 Å². The van der Waals surface area contributed by atoms with Gasteiger partial charge in [-0.3, -0.25) is 4.79 Å². The highest BCUT2D eigenvalue weighted by atomic mass is 35.5. The Morgan fingerprint density at radius 1 is 1.29 bits per heavy atom. The molecule has 0 fully saturated rings. The third-order valence-electron chi connectivity index (χ3n) is 2.19. The fourth-order valence-corrected chi connectivity index (χ4v) is 2.22. The van der Waals surface area contributed by atoms with Crippen LogP contribution < -0.4 is 16.8 Å². The summed E-state index contributed by atoms with van der Waals surface area (Å²) in [6.45, 7) is 0. The molecule has 1 heterocycles. The quantitative estimate of drug-likeness (QED) is 0.728. The minimum absolute atomic E-state index is 0.0105. The van der Waals surface area contributed by atoms with Gasteiger partial charge in [-0.2, -0.15) is 15.0 Å². The molecule has 0 saturated carbocycles. The van der Waals surface area contributed by atoms with Crippen molar-refractivity contribution in [2.45, 2.75) is 5.16 Å². The Kier molecular flexibility index (Phi) is 4.76. The molecule has 1 aromatic heterocycles. The number of nitrogen functional groups attached to an aromatic ring is 2. The highest BCUT2D eigenvalue weighted by molar-refractivity contribution is 7.99. The van der Waals surface area contributed by atoms with Crippen molar-refractivity contribution in [3.8, 4) is 0 Å². The lowest BCUT2D eigenvalue weighted by Crippen LogP contribution is -2.15. The van der Waals surface area contributed by atoms with E-state index in [1.807, 2.05) is 0 Å². The average Bonchev–Trinajstić information content (AvgIpc) is 2.39. The molecule has 0 saturated heterocycles. The maximum absolute atomic E-state index is 12.9. The van der Waals surface area contributed by atoms with Crippen molar-refractivity contribution >= 4 is 46.9 Å². The molecule has 0 aliphatic heterocycles. The van der Waals surface area contributed by atoms with Crippen molar-refractivity contribution in [3.05, 3.63) is 29.0 Å². The Morgan fingerprint density at radius 2 is 1.95 bits per heavy atom. The molecule has 2 rings (SSSR count). The third-order valence-corrected chi connectivity index (χ3v) is 3.35. The lowest BCUT2D eigenvalue weighted by atomic mass is 10.3. The summed E-state index contributed by atoms with van der Waals surface area (Å²) in [5, 5.41) is 2.89. The monoisotopic (exact) mass is 328 g/mol. The average molecular weight is 329 g/mol. The number of carbonyl (C=O) groups excluding carboxylic acids is 1. The van der Waals surface area contributed by atoms with Gasteiger partial charge in [-0.05, 0) is 18.2 Å². The van der Waals surface area contributed by atoms with Gasteiger partial charge in [0.05, 0.1) is 16.5 Å². The molecule has 0 atom stereocenters. The summed E-state index contributed by atoms with van der Waals surface area (Å²) in [5.41, 5.74) is 11.1. The Labute approximate surface area is 128 Å². The van der Waals surface area contributed by atoms with Crippen molar-refractivity contribution in [2.24, 2.45) is 0 Å². The highest BCUT2D eigenvalue weighted by Crippen LogP contribution is 2.23. The smallest absolute Gasteiger partial charge is 0.234 e. The van der Waals surface area contributed by atoms with Gasteiger partial charge in [-0.25, -0.2) is 4.39 Å². The molecule has 1 aromatic carbocycles. The predicted molar refractivity (Wildman–Crippen MR) is 79.4 cm³/mol. The second-order valence-electron chi connectivity index (χ2n) is 3.80. The fraction of sp³-hybridized carbons (Fsp3) is 0.0909. The predicted octanol–water partition coefficient (Wildman–Crippen LogP) is 1.56. The zero-order valence-corrected chi connectivity index (χ0v) is 12.1. The van der Waals surface area contributed by atoms with Crippen LogP contribution in [0.2, 0.25) is 5.02 Å². The second-order valence-corrected chi connectivity index (χ2v) is 5.15. The Hall–Kier alpha value is -2.13. The second kappa shape index (κ2) is 6.55. The highest BCUT2D eigenvalue weighted by Gasteiger charge is 2.09. The number of aromatic nitrogens is 3. The van der Waals surface area contributed by atoms with Gasteiger partial charge in [0.15, 0.2) is 5.16 Å². The number of anilines is 3. The number of hydrogen-bond donors (Lipinski definition) is 3. The minimum atomic E-state index is -0.483. The molecular formula is C11H10ClFN6OS. The SMILES string of the molecule is Nc1nc(N)nc(SCC(=O)Nc2ccc(F)cc2Cl)n1. The van der Waals surface area contributed by atoms with Crippen molar-refractivity contribution in [3.63, 3.8) is 0 Å². The van der Waals surface area contributed by atoms with Crippen LogP contribution in [-0.2, 0) is 4.79 Å². The van der Waals surface area contributed by atoms with E-state index < -0.39 is 5.82 Å². The summed E-state index contributed by atoms with van der Waals surface area (Å²) in [4.78, 5) is 23.0. The van der Waals surface area contributed by atoms with Gasteiger partial charge in [0.2, 0.25) is 17.8 Å². The van der Waals surface area contributed by atoms with E-state index in [9.17, 15) is 9.18 Å². The maximum Gasteiger partial charge on any atom is 0.234 e. The number of amides is 1. The lowest BCUT2D eigenvalue weighted by molar-refractivity contribution is -0.113. The van der Waals surface area contributed by atoms with Crippen LogP contribution in [0.1, 0.15) is 0 Å². The minimum Gasteiger partial charge on any atom is -0.368 e. The van der Waals surface area contributed by atoms with E-state index in [0.717, 1.165) is 17.8 Å². The Balaban J connectivity index is 1.95. The number of rotatable bonds is 4. The van der Waals surface area contributed by atoms with E-state index in [2.05, 4.69) is 20.3 Å². The number of hydrogen-bond acceptors (Lipinski definition) is 7. The van der Waals surface area contributed by atoms with Crippen LogP contribution in [0.5, 0.6) is 0 Å². The maximum atomic E-state index is 12.9. The summed E-state index contributed by atoms with van der Waals surface area (Å²) < 4.78 is 12.9. The first kappa shape index (κ1) is 15.3. The van der Waals surface area contributed by atoms with Crippen LogP contribution in [0.4, 0.5) is 22.0 Å². The summed E-state index contributed by atoms with van der Waals surface area (Å²) >= 11 is 6.84. The number of thioether (sulfide) groups is 1. The molecule has 0 unspecified atom stereocenters. The van der Waals surface area contributed by atoms with Gasteiger partial charge < -0.3 is 16.8 Å². The zero-order chi connectivity index (χ0) is 15.4. The number of benzene rings is 1. The third kappa shape index (κ3) is 4.43. The molecule has 0 spiro atoms. The van der Waals surface area contributed by atoms with Crippen molar-refractivity contribution in [1.29, 1.82) is 0 Å². The molecule has 0 aliphatic carbocycles. The molecule has 1 amide bonds. The molecule has 0 radical (unpaired) electrons. The van der Waals surface area contributed by atoms with Crippen molar-refractivity contribution in [1.82, 2.24) is 15.0 Å². The molecule has 2 aromatic rings. The summed E-state index contributed by atoms with van der Waals surface area (Å²) in [5.74, 6) is -0.870. The van der Waals surface area contributed by atoms with E-state index in [-0.39, 0.29) is 33.7 Å². The first-order valence-electron chi connectivity index (χ1n) is 5.59. The number of nitrogens with two attached hydrogens (primary N) is 2. The number of nitrogens with zero attached hydrogens (tertiary/aromatic N) is 3. The van der Waals surface area contributed by atoms with Gasteiger partial charge in [0.1, 0.15) is 5.82 Å². The number of carbonyl (C=O) groups is 1. The Morgan fingerprint density at radius 3 is 2.57 bits per heavy atom. The van der Waals surface area contributed by atoms with Crippen LogP contribution in [0.15, 0.2) is 23.4 Å². The molecule has 0 aliphatic rings. The number of nitrogens with one attached hydrogen (secondary N) is 1. The van der Waals surface area contributed by atoms with Crippen LogP contribution in [0.25, 0.3) is 0 Å². The Bertz CT molecular complexity index is 666. The molecule has 21 heavy (non-hydrogen) atoms. The number of halogens is 2. The topological polar surface area (TPSA) is 120 Å². The van der Waals surface area contributed by atoms with Gasteiger partial charge in [0.25, 0.3) is 0 Å². The molecule has 7 nitrogen and oxygen atoms in total. The zero-order valence-electron chi connectivity index (χ0n) is 10.5. The first-order chi connectivity index (χ1) is 9.94. The van der Waals surface area contributed by atoms with Gasteiger partial charge in [0, 0.05) is 0 Å². The van der Waals surface area contributed by atoms with Crippen LogP contribution >= 0.6 is 23.4 Å². The molecule has 0 bridgehead atoms. The summed E-state index contributed by atoms with van der Waals surface area (Å²) in [6, 6.07) is 3.68. The van der Waals surface area contributed by atoms with E-state index >= 15 is 0 Å². The van der Waals surface area contributed by atoms with E-state index in [1.54, 1.807) is 0 Å². The largest absolute Gasteiger partial charge is 0.368 e. The molecule has 5 N–H and O–H groups in total. The van der Waals surface area contributed by atoms with Gasteiger partial charge >= 0.3 is 0 Å². The van der Waals surface area contributed by atoms with Crippen LogP contribution in [-0.4, -0.2) is 26.6 Å². The van der Waals surface area contributed by atoms with E-state index in [0.29, 0.717) is 5.69 Å². The van der Waals surface area contributed by atoms with Gasteiger partial charge in [-0.1, -0.05) is 23.4 Å². The standard InChI is InChI=1S/C11H10ClFN6OS/c12-6-3-5(13)1-2-7(6)16-8(20)4-21-11-18-9(14)17-10(15)19-11/h1-3H,4H2,(H,16,20)(H4,14,15,17,18,19). The summed E-state index contributed by atoms with van der Waals surface area (Å²) in [6.07, 6.45) is 0. The normalized spacial score (nSPS) is 10.4. The summed E-state index contributed by atoms with van der Waals surface area (Å²) in [7, 11) is 0. The molecule has 10 heteroatoms. The van der Waals surface area contributed by atoms with Crippen LogP contribution in [0, 0.1) is 5.82 Å². The van der Waals surface area contributed by atoms with E-state index in [4.69, 9.17) is 23.1 Å².